The molecule has 0 aliphatic carbocycles. The van der Waals surface area contributed by atoms with Gasteiger partial charge in [0.2, 0.25) is 5.91 Å². The first-order valence-corrected chi connectivity index (χ1v) is 7.22. The molecule has 0 aromatic rings. The summed E-state index contributed by atoms with van der Waals surface area (Å²) in [5.41, 5.74) is 0. The van der Waals surface area contributed by atoms with Crippen LogP contribution in [0.4, 0.5) is 0 Å². The highest BCUT2D eigenvalue weighted by Crippen LogP contribution is 2.12. The van der Waals surface area contributed by atoms with Crippen molar-refractivity contribution < 1.29 is 4.79 Å². The van der Waals surface area contributed by atoms with Gasteiger partial charge in [0.1, 0.15) is 0 Å². The van der Waals surface area contributed by atoms with E-state index in [1.54, 1.807) is 0 Å². The lowest BCUT2D eigenvalue weighted by Crippen LogP contribution is -2.33. The summed E-state index contributed by atoms with van der Waals surface area (Å²) in [5, 5.41) is 6.42. The van der Waals surface area contributed by atoms with E-state index in [1.807, 2.05) is 0 Å². The van der Waals surface area contributed by atoms with Gasteiger partial charge in [-0.2, -0.15) is 0 Å². The van der Waals surface area contributed by atoms with Gasteiger partial charge in [0.15, 0.2) is 0 Å². The third-order valence-corrected chi connectivity index (χ3v) is 3.53. The van der Waals surface area contributed by atoms with Crippen molar-refractivity contribution in [2.75, 3.05) is 13.1 Å². The van der Waals surface area contributed by atoms with Crippen molar-refractivity contribution in [2.24, 2.45) is 5.92 Å². The topological polar surface area (TPSA) is 41.1 Å². The van der Waals surface area contributed by atoms with Crippen molar-refractivity contribution in [2.45, 2.75) is 64.8 Å². The van der Waals surface area contributed by atoms with Crippen LogP contribution in [0, 0.1) is 5.92 Å². The second-order valence-electron chi connectivity index (χ2n) is 5.38. The fourth-order valence-electron chi connectivity index (χ4n) is 2.43. The summed E-state index contributed by atoms with van der Waals surface area (Å²) in [6.45, 7) is 6.43. The van der Waals surface area contributed by atoms with Gasteiger partial charge in [-0.15, -0.1) is 0 Å². The predicted molar refractivity (Wildman–Crippen MR) is 72.0 cm³/mol. The molecule has 1 aliphatic rings. The van der Waals surface area contributed by atoms with Gasteiger partial charge in [0.05, 0.1) is 0 Å². The fourth-order valence-corrected chi connectivity index (χ4v) is 2.43. The number of nitrogens with one attached hydrogen (secondary N) is 2. The molecule has 100 valence electrons. The van der Waals surface area contributed by atoms with Gasteiger partial charge in [0, 0.05) is 12.5 Å². The zero-order chi connectivity index (χ0) is 12.5. The number of carbonyl (C=O) groups is 1. The molecule has 0 saturated carbocycles. The van der Waals surface area contributed by atoms with Gasteiger partial charge in [-0.05, 0) is 38.8 Å². The SMILES string of the molecule is CCCCCCC(C)NC(=O)CC1CCNC1. The quantitative estimate of drug-likeness (QED) is 0.640. The molecule has 2 atom stereocenters. The molecular formula is C14H28N2O. The van der Waals surface area contributed by atoms with Crippen molar-refractivity contribution in [3.63, 3.8) is 0 Å². The Hall–Kier alpha value is -0.570. The summed E-state index contributed by atoms with van der Waals surface area (Å²) in [4.78, 5) is 11.8. The molecular weight excluding hydrogens is 212 g/mol. The number of hydrogen-bond acceptors (Lipinski definition) is 2. The second-order valence-corrected chi connectivity index (χ2v) is 5.38. The number of hydrogen-bond donors (Lipinski definition) is 2. The van der Waals surface area contributed by atoms with Crippen molar-refractivity contribution in [1.82, 2.24) is 10.6 Å². The third-order valence-electron chi connectivity index (χ3n) is 3.53. The Morgan fingerprint density at radius 1 is 1.41 bits per heavy atom. The van der Waals surface area contributed by atoms with E-state index in [1.165, 1.54) is 25.7 Å². The Morgan fingerprint density at radius 2 is 2.24 bits per heavy atom. The highest BCUT2D eigenvalue weighted by Gasteiger charge is 2.18. The lowest BCUT2D eigenvalue weighted by atomic mass is 10.0. The van der Waals surface area contributed by atoms with Crippen LogP contribution in [0.5, 0.6) is 0 Å². The minimum absolute atomic E-state index is 0.238. The molecule has 3 heteroatoms. The van der Waals surface area contributed by atoms with Gasteiger partial charge >= 0.3 is 0 Å². The molecule has 0 aromatic heterocycles. The van der Waals surface area contributed by atoms with Crippen LogP contribution < -0.4 is 10.6 Å². The first-order chi connectivity index (χ1) is 8.22. The predicted octanol–water partition coefficient (Wildman–Crippen LogP) is 2.46. The molecule has 1 heterocycles. The van der Waals surface area contributed by atoms with Gasteiger partial charge in [-0.1, -0.05) is 32.6 Å². The lowest BCUT2D eigenvalue weighted by molar-refractivity contribution is -0.122. The molecule has 2 unspecified atom stereocenters. The van der Waals surface area contributed by atoms with Crippen molar-refractivity contribution >= 4 is 5.91 Å². The molecule has 1 amide bonds. The maximum atomic E-state index is 11.8. The lowest BCUT2D eigenvalue weighted by Gasteiger charge is -2.15. The van der Waals surface area contributed by atoms with E-state index in [0.717, 1.165) is 25.9 Å². The van der Waals surface area contributed by atoms with E-state index in [-0.39, 0.29) is 5.91 Å². The summed E-state index contributed by atoms with van der Waals surface area (Å²) in [7, 11) is 0. The summed E-state index contributed by atoms with van der Waals surface area (Å²) >= 11 is 0. The zero-order valence-corrected chi connectivity index (χ0v) is 11.4. The van der Waals surface area contributed by atoms with E-state index in [2.05, 4.69) is 24.5 Å². The van der Waals surface area contributed by atoms with Crippen LogP contribution in [0.25, 0.3) is 0 Å². The summed E-state index contributed by atoms with van der Waals surface area (Å²) < 4.78 is 0. The molecule has 0 aromatic carbocycles. The van der Waals surface area contributed by atoms with Crippen LogP contribution in [-0.4, -0.2) is 25.0 Å². The summed E-state index contributed by atoms with van der Waals surface area (Å²) in [6.07, 6.45) is 8.09. The minimum Gasteiger partial charge on any atom is -0.354 e. The Kier molecular flexibility index (Phi) is 7.25. The van der Waals surface area contributed by atoms with Crippen LogP contribution in [0.1, 0.15) is 58.8 Å². The van der Waals surface area contributed by atoms with E-state index in [4.69, 9.17) is 0 Å². The number of carbonyl (C=O) groups excluding carboxylic acids is 1. The van der Waals surface area contributed by atoms with Crippen LogP contribution in [0.3, 0.4) is 0 Å². The summed E-state index contributed by atoms with van der Waals surface area (Å²) in [5.74, 6) is 0.795. The molecule has 17 heavy (non-hydrogen) atoms. The molecule has 0 radical (unpaired) electrons. The van der Waals surface area contributed by atoms with Crippen molar-refractivity contribution in [3.8, 4) is 0 Å². The second kappa shape index (κ2) is 8.51. The Labute approximate surface area is 106 Å². The van der Waals surface area contributed by atoms with Crippen LogP contribution in [0.15, 0.2) is 0 Å². The smallest absolute Gasteiger partial charge is 0.220 e. The van der Waals surface area contributed by atoms with Crippen LogP contribution in [-0.2, 0) is 4.79 Å². The average Bonchev–Trinajstić information content (AvgIpc) is 2.77. The molecule has 2 N–H and O–H groups in total. The van der Waals surface area contributed by atoms with Crippen molar-refractivity contribution in [1.29, 1.82) is 0 Å². The standard InChI is InChI=1S/C14H28N2O/c1-3-4-5-6-7-12(2)16-14(17)10-13-8-9-15-11-13/h12-13,15H,3-11H2,1-2H3,(H,16,17). The van der Waals surface area contributed by atoms with Gasteiger partial charge < -0.3 is 10.6 Å². The number of rotatable bonds is 8. The zero-order valence-electron chi connectivity index (χ0n) is 11.4. The maximum Gasteiger partial charge on any atom is 0.220 e. The molecule has 1 rings (SSSR count). The number of amides is 1. The number of unbranched alkanes of at least 4 members (excludes halogenated alkanes) is 3. The highest BCUT2D eigenvalue weighted by molar-refractivity contribution is 5.76. The van der Waals surface area contributed by atoms with E-state index < -0.39 is 0 Å². The third kappa shape index (κ3) is 6.67. The van der Waals surface area contributed by atoms with Gasteiger partial charge in [-0.25, -0.2) is 0 Å². The Morgan fingerprint density at radius 3 is 2.88 bits per heavy atom. The largest absolute Gasteiger partial charge is 0.354 e. The van der Waals surface area contributed by atoms with E-state index in [0.29, 0.717) is 18.4 Å². The monoisotopic (exact) mass is 240 g/mol. The summed E-state index contributed by atoms with van der Waals surface area (Å²) in [6, 6.07) is 0.341. The highest BCUT2D eigenvalue weighted by atomic mass is 16.1. The molecule has 3 nitrogen and oxygen atoms in total. The first-order valence-electron chi connectivity index (χ1n) is 7.22. The van der Waals surface area contributed by atoms with Crippen molar-refractivity contribution in [3.05, 3.63) is 0 Å². The molecule has 1 fully saturated rings. The molecule has 1 aliphatic heterocycles. The normalized spacial score (nSPS) is 21.4. The Bertz CT molecular complexity index is 212. The maximum absolute atomic E-state index is 11.8. The van der Waals surface area contributed by atoms with Crippen LogP contribution in [0.2, 0.25) is 0 Å². The molecule has 0 spiro atoms. The minimum atomic E-state index is 0.238. The average molecular weight is 240 g/mol. The van der Waals surface area contributed by atoms with E-state index >= 15 is 0 Å². The first kappa shape index (κ1) is 14.5. The van der Waals surface area contributed by atoms with E-state index in [9.17, 15) is 4.79 Å². The fraction of sp³-hybridized carbons (Fsp3) is 0.929. The Balaban J connectivity index is 2.03. The van der Waals surface area contributed by atoms with Crippen LogP contribution >= 0.6 is 0 Å². The van der Waals surface area contributed by atoms with Gasteiger partial charge in [-0.3, -0.25) is 4.79 Å². The van der Waals surface area contributed by atoms with Gasteiger partial charge in [0.25, 0.3) is 0 Å². The molecule has 0 bridgehead atoms. The molecule has 1 saturated heterocycles.